The van der Waals surface area contributed by atoms with Crippen molar-refractivity contribution in [2.75, 3.05) is 13.2 Å². The molecule has 0 atom stereocenters. The number of nitrogens with two attached hydrogens (primary N) is 1. The number of rotatable bonds is 6. The highest BCUT2D eigenvalue weighted by molar-refractivity contribution is 5.91. The minimum absolute atomic E-state index is 0.396. The van der Waals surface area contributed by atoms with E-state index < -0.39 is 5.97 Å². The first-order chi connectivity index (χ1) is 10.6. The molecule has 2 N–H and O–H groups in total. The molecule has 0 amide bonds. The van der Waals surface area contributed by atoms with E-state index in [4.69, 9.17) is 15.2 Å². The molecule has 0 aliphatic carbocycles. The third-order valence-electron chi connectivity index (χ3n) is 3.23. The van der Waals surface area contributed by atoms with Crippen molar-refractivity contribution in [3.63, 3.8) is 0 Å². The summed E-state index contributed by atoms with van der Waals surface area (Å²) >= 11 is 0. The summed E-state index contributed by atoms with van der Waals surface area (Å²) in [4.78, 5) is 12.2. The van der Waals surface area contributed by atoms with Crippen molar-refractivity contribution in [2.24, 2.45) is 5.73 Å². The van der Waals surface area contributed by atoms with Crippen LogP contribution in [0.1, 0.15) is 28.4 Å². The number of hydrogen-bond acceptors (Lipinski definition) is 4. The molecular weight excluding hydrogens is 278 g/mol. The van der Waals surface area contributed by atoms with Gasteiger partial charge in [0.15, 0.2) is 11.5 Å². The molecule has 0 aliphatic heterocycles. The molecule has 116 valence electrons. The first kappa shape index (κ1) is 16.0. The molecule has 4 heteroatoms. The van der Waals surface area contributed by atoms with Crippen molar-refractivity contribution in [1.29, 1.82) is 0 Å². The van der Waals surface area contributed by atoms with E-state index in [9.17, 15) is 4.79 Å². The number of benzene rings is 2. The van der Waals surface area contributed by atoms with Gasteiger partial charge in [-0.15, -0.1) is 0 Å². The monoisotopic (exact) mass is 299 g/mol. The van der Waals surface area contributed by atoms with Gasteiger partial charge in [-0.1, -0.05) is 23.8 Å². The zero-order chi connectivity index (χ0) is 15.9. The Morgan fingerprint density at radius 2 is 1.82 bits per heavy atom. The first-order valence-corrected chi connectivity index (χ1v) is 7.38. The molecule has 22 heavy (non-hydrogen) atoms. The Hall–Kier alpha value is -2.33. The molecule has 2 aromatic carbocycles. The van der Waals surface area contributed by atoms with Crippen molar-refractivity contribution in [3.05, 3.63) is 59.2 Å². The quantitative estimate of drug-likeness (QED) is 0.657. The fraction of sp³-hybridized carbons (Fsp3) is 0.278. The van der Waals surface area contributed by atoms with E-state index in [2.05, 4.69) is 0 Å². The number of ether oxygens (including phenoxy) is 2. The maximum atomic E-state index is 12.2. The van der Waals surface area contributed by atoms with Crippen molar-refractivity contribution in [2.45, 2.75) is 20.3 Å². The summed E-state index contributed by atoms with van der Waals surface area (Å²) in [5.41, 5.74) is 8.23. The molecule has 0 radical (unpaired) electrons. The Kier molecular flexibility index (Phi) is 5.55. The van der Waals surface area contributed by atoms with Gasteiger partial charge >= 0.3 is 5.97 Å². The summed E-state index contributed by atoms with van der Waals surface area (Å²) in [5.74, 6) is 0.592. The van der Waals surface area contributed by atoms with Crippen LogP contribution in [0.25, 0.3) is 0 Å². The molecule has 0 aliphatic rings. The van der Waals surface area contributed by atoms with E-state index in [1.165, 1.54) is 0 Å². The fourth-order valence-electron chi connectivity index (χ4n) is 2.08. The third-order valence-corrected chi connectivity index (χ3v) is 3.23. The van der Waals surface area contributed by atoms with Crippen LogP contribution in [0.5, 0.6) is 11.5 Å². The van der Waals surface area contributed by atoms with Crippen LogP contribution in [0.4, 0.5) is 0 Å². The fourth-order valence-corrected chi connectivity index (χ4v) is 2.08. The van der Waals surface area contributed by atoms with E-state index >= 15 is 0 Å². The molecule has 0 fully saturated rings. The zero-order valence-corrected chi connectivity index (χ0v) is 13.0. The average Bonchev–Trinajstić information content (AvgIpc) is 2.51. The van der Waals surface area contributed by atoms with Crippen molar-refractivity contribution < 1.29 is 14.3 Å². The average molecular weight is 299 g/mol. The Morgan fingerprint density at radius 3 is 2.45 bits per heavy atom. The van der Waals surface area contributed by atoms with Crippen LogP contribution in [-0.2, 0) is 6.42 Å². The summed E-state index contributed by atoms with van der Waals surface area (Å²) in [6.45, 7) is 4.93. The number of esters is 1. The molecule has 4 nitrogen and oxygen atoms in total. The van der Waals surface area contributed by atoms with Gasteiger partial charge in [0.25, 0.3) is 0 Å². The predicted molar refractivity (Wildman–Crippen MR) is 86.5 cm³/mol. The largest absolute Gasteiger partial charge is 0.490 e. The Morgan fingerprint density at radius 1 is 1.09 bits per heavy atom. The lowest BCUT2D eigenvalue weighted by molar-refractivity contribution is 0.0728. The van der Waals surface area contributed by atoms with Crippen LogP contribution in [0.2, 0.25) is 0 Å². The number of aryl methyl sites for hydroxylation is 1. The molecular formula is C18H21NO3. The van der Waals surface area contributed by atoms with Gasteiger partial charge in [-0.05, 0) is 56.6 Å². The van der Waals surface area contributed by atoms with Crippen LogP contribution < -0.4 is 15.2 Å². The molecule has 0 aromatic heterocycles. The normalized spacial score (nSPS) is 10.3. The Labute approximate surface area is 130 Å². The van der Waals surface area contributed by atoms with Gasteiger partial charge in [0.1, 0.15) is 0 Å². The van der Waals surface area contributed by atoms with E-state index in [1.807, 2.05) is 38.1 Å². The predicted octanol–water partition coefficient (Wildman–Crippen LogP) is 3.11. The molecule has 2 aromatic rings. The zero-order valence-electron chi connectivity index (χ0n) is 13.0. The van der Waals surface area contributed by atoms with E-state index in [0.29, 0.717) is 30.2 Å². The minimum atomic E-state index is -0.396. The van der Waals surface area contributed by atoms with Gasteiger partial charge in [-0.25, -0.2) is 4.79 Å². The summed E-state index contributed by atoms with van der Waals surface area (Å²) in [5, 5.41) is 0. The SMILES string of the molecule is CCOc1cc(CCN)ccc1OC(=O)c1ccc(C)cc1. The lowest BCUT2D eigenvalue weighted by Gasteiger charge is -2.12. The van der Waals surface area contributed by atoms with Gasteiger partial charge in [0.05, 0.1) is 12.2 Å². The topological polar surface area (TPSA) is 61.6 Å². The highest BCUT2D eigenvalue weighted by atomic mass is 16.6. The molecule has 0 heterocycles. The summed E-state index contributed by atoms with van der Waals surface area (Å²) in [6, 6.07) is 12.8. The van der Waals surface area contributed by atoms with Gasteiger partial charge in [0, 0.05) is 0 Å². The highest BCUT2D eigenvalue weighted by Gasteiger charge is 2.13. The van der Waals surface area contributed by atoms with Gasteiger partial charge in [-0.2, -0.15) is 0 Å². The second-order valence-corrected chi connectivity index (χ2v) is 5.01. The summed E-state index contributed by atoms with van der Waals surface area (Å²) in [7, 11) is 0. The summed E-state index contributed by atoms with van der Waals surface area (Å²) in [6.07, 6.45) is 0.756. The first-order valence-electron chi connectivity index (χ1n) is 7.38. The lowest BCUT2D eigenvalue weighted by Crippen LogP contribution is -2.10. The van der Waals surface area contributed by atoms with E-state index in [-0.39, 0.29) is 0 Å². The number of carbonyl (C=O) groups is 1. The standard InChI is InChI=1S/C18H21NO3/c1-3-21-17-12-14(10-11-19)6-9-16(17)22-18(20)15-7-4-13(2)5-8-15/h4-9,12H,3,10-11,19H2,1-2H3. The molecule has 0 saturated heterocycles. The van der Waals surface area contributed by atoms with E-state index in [0.717, 1.165) is 17.5 Å². The Balaban J connectivity index is 2.20. The number of hydrogen-bond donors (Lipinski definition) is 1. The third kappa shape index (κ3) is 4.09. The van der Waals surface area contributed by atoms with E-state index in [1.54, 1.807) is 18.2 Å². The van der Waals surface area contributed by atoms with Crippen LogP contribution in [-0.4, -0.2) is 19.1 Å². The second-order valence-electron chi connectivity index (χ2n) is 5.01. The minimum Gasteiger partial charge on any atom is -0.490 e. The van der Waals surface area contributed by atoms with Gasteiger partial charge < -0.3 is 15.2 Å². The molecule has 0 spiro atoms. The van der Waals surface area contributed by atoms with Crippen molar-refractivity contribution in [3.8, 4) is 11.5 Å². The smallest absolute Gasteiger partial charge is 0.343 e. The molecule has 0 bridgehead atoms. The maximum absolute atomic E-state index is 12.2. The van der Waals surface area contributed by atoms with Crippen LogP contribution in [0.3, 0.4) is 0 Å². The van der Waals surface area contributed by atoms with Crippen molar-refractivity contribution >= 4 is 5.97 Å². The Bertz CT molecular complexity index is 635. The van der Waals surface area contributed by atoms with Crippen LogP contribution in [0, 0.1) is 6.92 Å². The molecule has 2 rings (SSSR count). The lowest BCUT2D eigenvalue weighted by atomic mass is 10.1. The second kappa shape index (κ2) is 7.61. The van der Waals surface area contributed by atoms with Crippen LogP contribution in [0.15, 0.2) is 42.5 Å². The molecule has 0 saturated carbocycles. The maximum Gasteiger partial charge on any atom is 0.343 e. The number of carbonyl (C=O) groups excluding carboxylic acids is 1. The van der Waals surface area contributed by atoms with Gasteiger partial charge in [-0.3, -0.25) is 0 Å². The van der Waals surface area contributed by atoms with Crippen molar-refractivity contribution in [1.82, 2.24) is 0 Å². The summed E-state index contributed by atoms with van der Waals surface area (Å²) < 4.78 is 11.0. The van der Waals surface area contributed by atoms with Crippen LogP contribution >= 0.6 is 0 Å². The van der Waals surface area contributed by atoms with Gasteiger partial charge in [0.2, 0.25) is 0 Å². The highest BCUT2D eigenvalue weighted by Crippen LogP contribution is 2.29. The molecule has 0 unspecified atom stereocenters.